The normalized spacial score (nSPS) is 13.2. The number of rotatable bonds is 5. The Hall–Kier alpha value is -3.09. The number of carbonyl (C=O) groups excluding carboxylic acids is 2. The van der Waals surface area contributed by atoms with Gasteiger partial charge in [-0.3, -0.25) is 9.59 Å². The standard InChI is InChI=1S/C23H22ClN3O3/c24-21-20(23(25)30)18-13-26(19(29)12-15-6-8-16(14-28)9-7-15)10-11-27(18)22(21)17-4-2-1-3-5-17/h1-9,28H,10-14H2,(H2,25,30). The van der Waals surface area contributed by atoms with Crippen molar-refractivity contribution in [3.05, 3.63) is 82.0 Å². The van der Waals surface area contributed by atoms with Gasteiger partial charge in [-0.2, -0.15) is 0 Å². The number of aromatic nitrogens is 1. The van der Waals surface area contributed by atoms with Crippen LogP contribution in [0.4, 0.5) is 0 Å². The molecule has 4 rings (SSSR count). The lowest BCUT2D eigenvalue weighted by Crippen LogP contribution is -2.39. The molecule has 0 radical (unpaired) electrons. The van der Waals surface area contributed by atoms with Crippen molar-refractivity contribution in [3.63, 3.8) is 0 Å². The maximum atomic E-state index is 12.9. The SMILES string of the molecule is NC(=O)c1c(Cl)c(-c2ccccc2)n2c1CN(C(=O)Cc1ccc(CO)cc1)CC2. The van der Waals surface area contributed by atoms with Crippen LogP contribution in [0.1, 0.15) is 27.2 Å². The summed E-state index contributed by atoms with van der Waals surface area (Å²) in [4.78, 5) is 26.8. The quantitative estimate of drug-likeness (QED) is 0.661. The highest BCUT2D eigenvalue weighted by molar-refractivity contribution is 6.36. The van der Waals surface area contributed by atoms with Crippen LogP contribution in [-0.2, 0) is 30.9 Å². The second-order valence-corrected chi connectivity index (χ2v) is 7.71. The Morgan fingerprint density at radius 2 is 1.67 bits per heavy atom. The van der Waals surface area contributed by atoms with Crippen molar-refractivity contribution in [2.75, 3.05) is 6.54 Å². The van der Waals surface area contributed by atoms with E-state index in [1.807, 2.05) is 47.0 Å². The van der Waals surface area contributed by atoms with E-state index in [0.717, 1.165) is 22.4 Å². The molecule has 3 N–H and O–H groups in total. The van der Waals surface area contributed by atoms with E-state index in [0.29, 0.717) is 23.8 Å². The fourth-order valence-corrected chi connectivity index (χ4v) is 4.33. The molecular weight excluding hydrogens is 402 g/mol. The first-order valence-corrected chi connectivity index (χ1v) is 10.1. The average molecular weight is 424 g/mol. The summed E-state index contributed by atoms with van der Waals surface area (Å²) in [6.07, 6.45) is 0.248. The number of aliphatic hydroxyl groups is 1. The molecule has 2 amide bonds. The number of carbonyl (C=O) groups is 2. The van der Waals surface area contributed by atoms with Crippen molar-refractivity contribution in [1.82, 2.24) is 9.47 Å². The Balaban J connectivity index is 1.63. The zero-order chi connectivity index (χ0) is 21.3. The van der Waals surface area contributed by atoms with Crippen molar-refractivity contribution in [2.45, 2.75) is 26.1 Å². The maximum absolute atomic E-state index is 12.9. The minimum Gasteiger partial charge on any atom is -0.392 e. The van der Waals surface area contributed by atoms with Gasteiger partial charge in [0, 0.05) is 13.1 Å². The van der Waals surface area contributed by atoms with Gasteiger partial charge >= 0.3 is 0 Å². The van der Waals surface area contributed by atoms with E-state index in [4.69, 9.17) is 22.4 Å². The predicted octanol–water partition coefficient (Wildman–Crippen LogP) is 2.98. The lowest BCUT2D eigenvalue weighted by atomic mass is 10.1. The first-order chi connectivity index (χ1) is 14.5. The smallest absolute Gasteiger partial charge is 0.252 e. The highest BCUT2D eigenvalue weighted by atomic mass is 35.5. The van der Waals surface area contributed by atoms with E-state index in [9.17, 15) is 9.59 Å². The Labute approximate surface area is 179 Å². The fraction of sp³-hybridized carbons (Fsp3) is 0.217. The molecule has 154 valence electrons. The summed E-state index contributed by atoms with van der Waals surface area (Å²) >= 11 is 6.59. The number of hydrogen-bond acceptors (Lipinski definition) is 3. The first kappa shape index (κ1) is 20.2. The molecule has 0 bridgehead atoms. The van der Waals surface area contributed by atoms with Crippen LogP contribution in [0.5, 0.6) is 0 Å². The van der Waals surface area contributed by atoms with E-state index >= 15 is 0 Å². The van der Waals surface area contributed by atoms with Gasteiger partial charge in [-0.15, -0.1) is 0 Å². The molecule has 0 aliphatic carbocycles. The number of nitrogens with two attached hydrogens (primary N) is 1. The van der Waals surface area contributed by atoms with Gasteiger partial charge in [0.2, 0.25) is 5.91 Å². The molecule has 0 fully saturated rings. The number of primary amides is 1. The second-order valence-electron chi connectivity index (χ2n) is 7.33. The van der Waals surface area contributed by atoms with Crippen LogP contribution >= 0.6 is 11.6 Å². The fourth-order valence-electron chi connectivity index (χ4n) is 3.92. The molecule has 3 aromatic rings. The third-order valence-corrected chi connectivity index (χ3v) is 5.82. The molecule has 1 aliphatic rings. The third-order valence-electron chi connectivity index (χ3n) is 5.45. The largest absolute Gasteiger partial charge is 0.392 e. The van der Waals surface area contributed by atoms with E-state index in [-0.39, 0.29) is 31.0 Å². The van der Waals surface area contributed by atoms with Gasteiger partial charge in [-0.05, 0) is 16.7 Å². The summed E-state index contributed by atoms with van der Waals surface area (Å²) < 4.78 is 2.00. The number of fused-ring (bicyclic) bond motifs is 1. The summed E-state index contributed by atoms with van der Waals surface area (Å²) in [7, 11) is 0. The molecule has 0 saturated heterocycles. The molecule has 2 heterocycles. The predicted molar refractivity (Wildman–Crippen MR) is 115 cm³/mol. The zero-order valence-electron chi connectivity index (χ0n) is 16.3. The Kier molecular flexibility index (Phi) is 5.61. The van der Waals surface area contributed by atoms with Crippen molar-refractivity contribution >= 4 is 23.4 Å². The van der Waals surface area contributed by atoms with Gasteiger partial charge in [0.15, 0.2) is 0 Å². The molecule has 0 atom stereocenters. The van der Waals surface area contributed by atoms with Crippen LogP contribution in [0.3, 0.4) is 0 Å². The minimum absolute atomic E-state index is 0.0300. The van der Waals surface area contributed by atoms with Gasteiger partial charge in [-0.25, -0.2) is 0 Å². The summed E-state index contributed by atoms with van der Waals surface area (Å²) in [5.74, 6) is -0.633. The maximum Gasteiger partial charge on any atom is 0.252 e. The molecule has 1 aliphatic heterocycles. The molecule has 0 unspecified atom stereocenters. The Morgan fingerprint density at radius 3 is 2.30 bits per heavy atom. The molecule has 0 saturated carbocycles. The van der Waals surface area contributed by atoms with Crippen LogP contribution in [0.2, 0.25) is 5.02 Å². The van der Waals surface area contributed by atoms with Crippen LogP contribution in [0.25, 0.3) is 11.3 Å². The Bertz CT molecular complexity index is 1090. The highest BCUT2D eigenvalue weighted by Crippen LogP contribution is 2.37. The molecule has 1 aromatic heterocycles. The van der Waals surface area contributed by atoms with Gasteiger partial charge in [-0.1, -0.05) is 66.2 Å². The van der Waals surface area contributed by atoms with Crippen LogP contribution in [-0.4, -0.2) is 32.9 Å². The van der Waals surface area contributed by atoms with Gasteiger partial charge < -0.3 is 20.3 Å². The van der Waals surface area contributed by atoms with Crippen molar-refractivity contribution in [1.29, 1.82) is 0 Å². The number of halogens is 1. The van der Waals surface area contributed by atoms with Gasteiger partial charge in [0.05, 0.1) is 41.5 Å². The van der Waals surface area contributed by atoms with Crippen LogP contribution < -0.4 is 5.73 Å². The third kappa shape index (κ3) is 3.72. The number of nitrogens with zero attached hydrogens (tertiary/aromatic N) is 2. The second kappa shape index (κ2) is 8.34. The van der Waals surface area contributed by atoms with E-state index in [1.54, 1.807) is 17.0 Å². The number of hydrogen-bond donors (Lipinski definition) is 2. The van der Waals surface area contributed by atoms with E-state index < -0.39 is 5.91 Å². The monoisotopic (exact) mass is 423 g/mol. The van der Waals surface area contributed by atoms with E-state index in [2.05, 4.69) is 0 Å². The zero-order valence-corrected chi connectivity index (χ0v) is 17.1. The summed E-state index contributed by atoms with van der Waals surface area (Å²) in [6.45, 7) is 1.29. The molecule has 2 aromatic carbocycles. The van der Waals surface area contributed by atoms with E-state index in [1.165, 1.54) is 0 Å². The average Bonchev–Trinajstić information content (AvgIpc) is 3.06. The number of aliphatic hydroxyl groups excluding tert-OH is 1. The van der Waals surface area contributed by atoms with Crippen LogP contribution in [0.15, 0.2) is 54.6 Å². The molecule has 0 spiro atoms. The summed E-state index contributed by atoms with van der Waals surface area (Å²) in [5, 5.41) is 9.49. The first-order valence-electron chi connectivity index (χ1n) is 9.72. The van der Waals surface area contributed by atoms with Crippen molar-refractivity contribution < 1.29 is 14.7 Å². The van der Waals surface area contributed by atoms with Crippen LogP contribution in [0, 0.1) is 0 Å². The lowest BCUT2D eigenvalue weighted by molar-refractivity contribution is -0.131. The topological polar surface area (TPSA) is 88.6 Å². The molecule has 7 heteroatoms. The van der Waals surface area contributed by atoms with Gasteiger partial charge in [0.25, 0.3) is 5.91 Å². The highest BCUT2D eigenvalue weighted by Gasteiger charge is 2.31. The molecule has 6 nitrogen and oxygen atoms in total. The minimum atomic E-state index is -0.597. The summed E-state index contributed by atoms with van der Waals surface area (Å²) in [6, 6.07) is 16.9. The number of amides is 2. The molecular formula is C23H22ClN3O3. The van der Waals surface area contributed by atoms with Crippen molar-refractivity contribution in [2.24, 2.45) is 5.73 Å². The van der Waals surface area contributed by atoms with Crippen molar-refractivity contribution in [3.8, 4) is 11.3 Å². The van der Waals surface area contributed by atoms with Gasteiger partial charge in [0.1, 0.15) is 0 Å². The Morgan fingerprint density at radius 1 is 1.00 bits per heavy atom. The lowest BCUT2D eigenvalue weighted by Gasteiger charge is -2.30. The number of benzene rings is 2. The molecule has 30 heavy (non-hydrogen) atoms. The summed E-state index contributed by atoms with van der Waals surface area (Å²) in [5.41, 5.74) is 9.92.